The molecule has 4 nitrogen and oxygen atoms in total. The molecule has 0 fully saturated rings. The fourth-order valence-electron chi connectivity index (χ4n) is 1.18. The highest BCUT2D eigenvalue weighted by molar-refractivity contribution is 6.42. The first-order valence-electron chi connectivity index (χ1n) is 4.85. The van der Waals surface area contributed by atoms with Gasteiger partial charge in [0, 0.05) is 12.7 Å². The van der Waals surface area contributed by atoms with Gasteiger partial charge in [-0.05, 0) is 18.2 Å². The van der Waals surface area contributed by atoms with E-state index in [-0.39, 0.29) is 19.0 Å². The Morgan fingerprint density at radius 3 is 2.76 bits per heavy atom. The van der Waals surface area contributed by atoms with Gasteiger partial charge < -0.3 is 4.90 Å². The molecule has 1 N–H and O–H groups in total. The normalized spacial score (nSPS) is 9.76. The van der Waals surface area contributed by atoms with Gasteiger partial charge in [0.2, 0.25) is 5.91 Å². The average molecular weight is 272 g/mol. The first-order chi connectivity index (χ1) is 8.06. The summed E-state index contributed by atoms with van der Waals surface area (Å²) >= 11 is 11.6. The molecule has 0 aliphatic carbocycles. The summed E-state index contributed by atoms with van der Waals surface area (Å²) in [6.07, 6.45) is 0. The molecule has 1 rings (SSSR count). The number of likely N-dealkylation sites (N-methyl/N-ethyl adjacent to an activating group) is 1. The van der Waals surface area contributed by atoms with Gasteiger partial charge in [-0.25, -0.2) is 0 Å². The lowest BCUT2D eigenvalue weighted by Crippen LogP contribution is -2.35. The molecule has 0 aromatic heterocycles. The van der Waals surface area contributed by atoms with Crippen LogP contribution in [0.1, 0.15) is 0 Å². The predicted molar refractivity (Wildman–Crippen MR) is 68.4 cm³/mol. The Labute approximate surface area is 110 Å². The molecule has 1 amide bonds. The minimum Gasteiger partial charge on any atom is -0.314 e. The van der Waals surface area contributed by atoms with E-state index < -0.39 is 0 Å². The Bertz CT molecular complexity index is 457. The van der Waals surface area contributed by atoms with Crippen molar-refractivity contribution in [3.8, 4) is 6.07 Å². The Morgan fingerprint density at radius 1 is 1.47 bits per heavy atom. The lowest BCUT2D eigenvalue weighted by Gasteiger charge is -2.17. The van der Waals surface area contributed by atoms with Gasteiger partial charge in [0.1, 0.15) is 0 Å². The second-order valence-electron chi connectivity index (χ2n) is 3.31. The van der Waals surface area contributed by atoms with Crippen LogP contribution in [-0.2, 0) is 4.79 Å². The number of nitriles is 1. The number of rotatable bonds is 4. The van der Waals surface area contributed by atoms with Crippen molar-refractivity contribution in [1.29, 1.82) is 5.26 Å². The number of halogens is 2. The van der Waals surface area contributed by atoms with Crippen LogP contribution in [0.3, 0.4) is 0 Å². The first kappa shape index (κ1) is 13.8. The molecule has 0 saturated heterocycles. The smallest absolute Gasteiger partial charge is 0.240 e. The maximum absolute atomic E-state index is 11.7. The number of nitrogens with one attached hydrogen (secondary N) is 1. The summed E-state index contributed by atoms with van der Waals surface area (Å²) in [5, 5.41) is 11.9. The van der Waals surface area contributed by atoms with E-state index in [0.717, 1.165) is 0 Å². The minimum absolute atomic E-state index is 0.101. The Hall–Kier alpha value is -1.28. The molecule has 0 radical (unpaired) electrons. The second kappa shape index (κ2) is 6.45. The Kier molecular flexibility index (Phi) is 5.23. The van der Waals surface area contributed by atoms with Crippen molar-refractivity contribution in [3.05, 3.63) is 28.2 Å². The van der Waals surface area contributed by atoms with Crippen LogP contribution < -0.4 is 10.2 Å². The van der Waals surface area contributed by atoms with Gasteiger partial charge in [0.05, 0.1) is 29.2 Å². The molecule has 6 heteroatoms. The van der Waals surface area contributed by atoms with Gasteiger partial charge in [-0.15, -0.1) is 0 Å². The van der Waals surface area contributed by atoms with Crippen LogP contribution in [0.5, 0.6) is 0 Å². The van der Waals surface area contributed by atoms with Gasteiger partial charge in [-0.1, -0.05) is 23.2 Å². The van der Waals surface area contributed by atoms with E-state index >= 15 is 0 Å². The molecule has 0 spiro atoms. The third-order valence-electron chi connectivity index (χ3n) is 2.14. The van der Waals surface area contributed by atoms with Crippen LogP contribution in [0, 0.1) is 11.3 Å². The third kappa shape index (κ3) is 3.90. The van der Waals surface area contributed by atoms with Gasteiger partial charge in [-0.3, -0.25) is 10.1 Å². The van der Waals surface area contributed by atoms with Crippen LogP contribution in [0.2, 0.25) is 10.0 Å². The van der Waals surface area contributed by atoms with E-state index in [1.807, 2.05) is 6.07 Å². The number of amides is 1. The van der Waals surface area contributed by atoms with E-state index in [1.165, 1.54) is 4.90 Å². The van der Waals surface area contributed by atoms with E-state index in [1.54, 1.807) is 25.2 Å². The van der Waals surface area contributed by atoms with Gasteiger partial charge in [-0.2, -0.15) is 5.26 Å². The van der Waals surface area contributed by atoms with Crippen LogP contribution >= 0.6 is 23.2 Å². The van der Waals surface area contributed by atoms with Crippen molar-refractivity contribution in [1.82, 2.24) is 5.32 Å². The molecule has 0 atom stereocenters. The molecule has 0 aliphatic rings. The van der Waals surface area contributed by atoms with E-state index in [9.17, 15) is 4.79 Å². The van der Waals surface area contributed by atoms with Crippen molar-refractivity contribution in [2.45, 2.75) is 0 Å². The van der Waals surface area contributed by atoms with Crippen molar-refractivity contribution in [2.24, 2.45) is 0 Å². The van der Waals surface area contributed by atoms with Gasteiger partial charge in [0.25, 0.3) is 0 Å². The summed E-state index contributed by atoms with van der Waals surface area (Å²) in [5.74, 6) is -0.154. The molecule has 17 heavy (non-hydrogen) atoms. The summed E-state index contributed by atoms with van der Waals surface area (Å²) in [7, 11) is 1.63. The molecule has 90 valence electrons. The van der Waals surface area contributed by atoms with Crippen molar-refractivity contribution in [3.63, 3.8) is 0 Å². The van der Waals surface area contributed by atoms with E-state index in [4.69, 9.17) is 28.5 Å². The monoisotopic (exact) mass is 271 g/mol. The molecular formula is C11H11Cl2N3O. The highest BCUT2D eigenvalue weighted by atomic mass is 35.5. The molecule has 0 aliphatic heterocycles. The fraction of sp³-hybridized carbons (Fsp3) is 0.273. The molecule has 0 saturated carbocycles. The van der Waals surface area contributed by atoms with E-state index in [2.05, 4.69) is 5.32 Å². The SMILES string of the molecule is CN(C(=O)CNCC#N)c1ccc(Cl)c(Cl)c1. The third-order valence-corrected chi connectivity index (χ3v) is 2.88. The summed E-state index contributed by atoms with van der Waals surface area (Å²) in [6.45, 7) is 0.241. The zero-order valence-corrected chi connectivity index (χ0v) is 10.7. The van der Waals surface area contributed by atoms with Crippen LogP contribution in [0.4, 0.5) is 5.69 Å². The number of benzene rings is 1. The predicted octanol–water partition coefficient (Wildman–Crippen LogP) is 2.07. The maximum Gasteiger partial charge on any atom is 0.240 e. The first-order valence-corrected chi connectivity index (χ1v) is 5.61. The summed E-state index contributed by atoms with van der Waals surface area (Å²) in [5.41, 5.74) is 0.656. The number of hydrogen-bond acceptors (Lipinski definition) is 3. The van der Waals surface area contributed by atoms with Crippen LogP contribution in [0.15, 0.2) is 18.2 Å². The Balaban J connectivity index is 2.68. The highest BCUT2D eigenvalue weighted by Gasteiger charge is 2.11. The quantitative estimate of drug-likeness (QED) is 0.674. The lowest BCUT2D eigenvalue weighted by atomic mass is 10.3. The summed E-state index contributed by atoms with van der Waals surface area (Å²) in [4.78, 5) is 13.1. The summed E-state index contributed by atoms with van der Waals surface area (Å²) in [6, 6.07) is 6.85. The molecule has 0 heterocycles. The largest absolute Gasteiger partial charge is 0.314 e. The number of hydrogen-bond donors (Lipinski definition) is 1. The molecule has 1 aromatic carbocycles. The van der Waals surface area contributed by atoms with E-state index in [0.29, 0.717) is 15.7 Å². The summed E-state index contributed by atoms with van der Waals surface area (Å²) < 4.78 is 0. The maximum atomic E-state index is 11.7. The molecular weight excluding hydrogens is 261 g/mol. The zero-order valence-electron chi connectivity index (χ0n) is 9.20. The Morgan fingerprint density at radius 2 is 2.18 bits per heavy atom. The van der Waals surface area contributed by atoms with Crippen LogP contribution in [0.25, 0.3) is 0 Å². The van der Waals surface area contributed by atoms with Gasteiger partial charge in [0.15, 0.2) is 0 Å². The minimum atomic E-state index is -0.154. The van der Waals surface area contributed by atoms with Crippen molar-refractivity contribution < 1.29 is 4.79 Å². The highest BCUT2D eigenvalue weighted by Crippen LogP contribution is 2.26. The topological polar surface area (TPSA) is 56.1 Å². The number of anilines is 1. The average Bonchev–Trinajstić information content (AvgIpc) is 2.32. The molecule has 0 unspecified atom stereocenters. The number of carbonyl (C=O) groups excluding carboxylic acids is 1. The molecule has 0 bridgehead atoms. The molecule has 1 aromatic rings. The van der Waals surface area contributed by atoms with Crippen molar-refractivity contribution in [2.75, 3.05) is 25.0 Å². The number of nitrogens with zero attached hydrogens (tertiary/aromatic N) is 2. The van der Waals surface area contributed by atoms with Crippen LogP contribution in [-0.4, -0.2) is 26.0 Å². The second-order valence-corrected chi connectivity index (χ2v) is 4.13. The van der Waals surface area contributed by atoms with Gasteiger partial charge >= 0.3 is 0 Å². The number of carbonyl (C=O) groups is 1. The standard InChI is InChI=1S/C11H11Cl2N3O/c1-16(11(17)7-15-5-4-14)8-2-3-9(12)10(13)6-8/h2-3,6,15H,5,7H2,1H3. The van der Waals surface area contributed by atoms with Crippen molar-refractivity contribution >= 4 is 34.8 Å². The fourth-order valence-corrected chi connectivity index (χ4v) is 1.47. The lowest BCUT2D eigenvalue weighted by molar-refractivity contribution is -0.117. The zero-order chi connectivity index (χ0) is 12.8.